The largest absolute Gasteiger partial charge is 0.496 e. The van der Waals surface area contributed by atoms with Gasteiger partial charge in [-0.2, -0.15) is 0 Å². The summed E-state index contributed by atoms with van der Waals surface area (Å²) in [4.78, 5) is 12.3. The monoisotopic (exact) mass is 328 g/mol. The lowest BCUT2D eigenvalue weighted by Crippen LogP contribution is -2.43. The number of amides is 1. The summed E-state index contributed by atoms with van der Waals surface area (Å²) < 4.78 is 11.4. The molecular formula is C13H17BrN2O3. The first kappa shape index (κ1) is 14.3. The molecular weight excluding hydrogens is 312 g/mol. The highest BCUT2D eigenvalue weighted by atomic mass is 79.9. The van der Waals surface area contributed by atoms with Crippen LogP contribution in [0.25, 0.3) is 0 Å². The molecule has 1 fully saturated rings. The standard InChI is InChI=1S/C13H17BrN2O3/c1-18-11-5-8(14)3-4-9(11)13(17)16-10-6-15-7-12(10)19-2/h3-5,10,12,15H,6-7H2,1-2H3,(H,16,17)/t10?,12-/m0/s1. The average molecular weight is 329 g/mol. The highest BCUT2D eigenvalue weighted by Crippen LogP contribution is 2.23. The van der Waals surface area contributed by atoms with Gasteiger partial charge in [-0.15, -0.1) is 0 Å². The van der Waals surface area contributed by atoms with Crippen molar-refractivity contribution in [3.8, 4) is 5.75 Å². The number of benzene rings is 1. The lowest BCUT2D eigenvalue weighted by Gasteiger charge is -2.19. The zero-order chi connectivity index (χ0) is 13.8. The Bertz CT molecular complexity index is 467. The molecule has 5 nitrogen and oxygen atoms in total. The molecule has 1 aliphatic rings. The summed E-state index contributed by atoms with van der Waals surface area (Å²) in [6.45, 7) is 1.46. The van der Waals surface area contributed by atoms with E-state index in [9.17, 15) is 4.79 Å². The number of carbonyl (C=O) groups excluding carboxylic acids is 1. The number of ether oxygens (including phenoxy) is 2. The number of hydrogen-bond acceptors (Lipinski definition) is 4. The van der Waals surface area contributed by atoms with Gasteiger partial charge in [0.05, 0.1) is 24.8 Å². The van der Waals surface area contributed by atoms with Gasteiger partial charge in [-0.25, -0.2) is 0 Å². The molecule has 0 bridgehead atoms. The molecule has 1 aliphatic heterocycles. The minimum atomic E-state index is -0.153. The van der Waals surface area contributed by atoms with Crippen LogP contribution in [0.15, 0.2) is 22.7 Å². The van der Waals surface area contributed by atoms with E-state index in [4.69, 9.17) is 9.47 Å². The van der Waals surface area contributed by atoms with Gasteiger partial charge in [-0.05, 0) is 18.2 Å². The Morgan fingerprint density at radius 2 is 2.21 bits per heavy atom. The minimum Gasteiger partial charge on any atom is -0.496 e. The van der Waals surface area contributed by atoms with Crippen molar-refractivity contribution in [2.75, 3.05) is 27.3 Å². The summed E-state index contributed by atoms with van der Waals surface area (Å²) in [5.41, 5.74) is 0.521. The van der Waals surface area contributed by atoms with Crippen molar-refractivity contribution in [3.63, 3.8) is 0 Å². The molecule has 2 N–H and O–H groups in total. The fourth-order valence-electron chi connectivity index (χ4n) is 2.15. The van der Waals surface area contributed by atoms with Gasteiger partial charge >= 0.3 is 0 Å². The summed E-state index contributed by atoms with van der Waals surface area (Å²) in [6, 6.07) is 5.31. The zero-order valence-corrected chi connectivity index (χ0v) is 12.5. The highest BCUT2D eigenvalue weighted by molar-refractivity contribution is 9.10. The van der Waals surface area contributed by atoms with Crippen LogP contribution in [0.4, 0.5) is 0 Å². The summed E-state index contributed by atoms with van der Waals surface area (Å²) in [7, 11) is 3.20. The second-order valence-corrected chi connectivity index (χ2v) is 5.27. The normalized spacial score (nSPS) is 22.3. The van der Waals surface area contributed by atoms with Crippen LogP contribution in [0.3, 0.4) is 0 Å². The van der Waals surface area contributed by atoms with E-state index >= 15 is 0 Å². The van der Waals surface area contributed by atoms with Gasteiger partial charge in [-0.1, -0.05) is 15.9 Å². The Morgan fingerprint density at radius 1 is 1.42 bits per heavy atom. The Hall–Kier alpha value is -1.11. The van der Waals surface area contributed by atoms with Gasteiger partial charge in [0.15, 0.2) is 0 Å². The van der Waals surface area contributed by atoms with E-state index in [1.165, 1.54) is 0 Å². The van der Waals surface area contributed by atoms with Crippen LogP contribution in [-0.4, -0.2) is 45.4 Å². The third-order valence-electron chi connectivity index (χ3n) is 3.19. The van der Waals surface area contributed by atoms with E-state index in [1.807, 2.05) is 6.07 Å². The van der Waals surface area contributed by atoms with Crippen LogP contribution >= 0.6 is 15.9 Å². The summed E-state index contributed by atoms with van der Waals surface area (Å²) in [5, 5.41) is 6.16. The zero-order valence-electron chi connectivity index (χ0n) is 10.9. The fourth-order valence-corrected chi connectivity index (χ4v) is 2.49. The van der Waals surface area contributed by atoms with E-state index in [1.54, 1.807) is 26.4 Å². The van der Waals surface area contributed by atoms with Crippen LogP contribution in [0.2, 0.25) is 0 Å². The van der Waals surface area contributed by atoms with Crippen molar-refractivity contribution in [1.82, 2.24) is 10.6 Å². The van der Waals surface area contributed by atoms with Gasteiger partial charge < -0.3 is 20.1 Å². The van der Waals surface area contributed by atoms with Crippen molar-refractivity contribution in [1.29, 1.82) is 0 Å². The molecule has 6 heteroatoms. The van der Waals surface area contributed by atoms with Crippen LogP contribution < -0.4 is 15.4 Å². The Kier molecular flexibility index (Phi) is 4.79. The maximum absolute atomic E-state index is 12.3. The second kappa shape index (κ2) is 6.36. The average Bonchev–Trinajstić information content (AvgIpc) is 2.85. The van der Waals surface area contributed by atoms with E-state index in [0.717, 1.165) is 11.0 Å². The summed E-state index contributed by atoms with van der Waals surface area (Å²) in [5.74, 6) is 0.395. The molecule has 1 unspecified atom stereocenters. The number of halogens is 1. The Morgan fingerprint density at radius 3 is 2.89 bits per heavy atom. The fraction of sp³-hybridized carbons (Fsp3) is 0.462. The molecule has 1 heterocycles. The molecule has 1 saturated heterocycles. The second-order valence-electron chi connectivity index (χ2n) is 4.36. The topological polar surface area (TPSA) is 59.6 Å². The molecule has 19 heavy (non-hydrogen) atoms. The summed E-state index contributed by atoms with van der Waals surface area (Å²) >= 11 is 3.35. The molecule has 0 aromatic heterocycles. The number of hydrogen-bond donors (Lipinski definition) is 2. The van der Waals surface area contributed by atoms with E-state index < -0.39 is 0 Å². The first-order chi connectivity index (χ1) is 9.15. The van der Waals surface area contributed by atoms with Gasteiger partial charge in [0.2, 0.25) is 0 Å². The van der Waals surface area contributed by atoms with Crippen LogP contribution in [0, 0.1) is 0 Å². The van der Waals surface area contributed by atoms with Gasteiger partial charge in [0, 0.05) is 24.7 Å². The third-order valence-corrected chi connectivity index (χ3v) is 3.68. The molecule has 0 spiro atoms. The third kappa shape index (κ3) is 3.26. The highest BCUT2D eigenvalue weighted by Gasteiger charge is 2.29. The SMILES string of the molecule is COc1cc(Br)ccc1C(=O)NC1CNC[C@@H]1OC. The first-order valence-corrected chi connectivity index (χ1v) is 6.83. The maximum Gasteiger partial charge on any atom is 0.255 e. The molecule has 1 aromatic carbocycles. The molecule has 1 aromatic rings. The number of rotatable bonds is 4. The van der Waals surface area contributed by atoms with E-state index in [0.29, 0.717) is 17.9 Å². The van der Waals surface area contributed by atoms with Crippen LogP contribution in [-0.2, 0) is 4.74 Å². The molecule has 104 valence electrons. The number of nitrogens with one attached hydrogen (secondary N) is 2. The van der Waals surface area contributed by atoms with E-state index in [-0.39, 0.29) is 18.1 Å². The van der Waals surface area contributed by atoms with E-state index in [2.05, 4.69) is 26.6 Å². The Balaban J connectivity index is 2.11. The van der Waals surface area contributed by atoms with Gasteiger partial charge in [0.1, 0.15) is 5.75 Å². The predicted octanol–water partition coefficient (Wildman–Crippen LogP) is 1.17. The van der Waals surface area contributed by atoms with Crippen molar-refractivity contribution in [3.05, 3.63) is 28.2 Å². The molecule has 2 atom stereocenters. The van der Waals surface area contributed by atoms with Crippen LogP contribution in [0.1, 0.15) is 10.4 Å². The number of methoxy groups -OCH3 is 2. The lowest BCUT2D eigenvalue weighted by atomic mass is 10.1. The Labute approximate surface area is 120 Å². The van der Waals surface area contributed by atoms with Gasteiger partial charge in [0.25, 0.3) is 5.91 Å². The van der Waals surface area contributed by atoms with Crippen molar-refractivity contribution < 1.29 is 14.3 Å². The smallest absolute Gasteiger partial charge is 0.255 e. The van der Waals surface area contributed by atoms with Gasteiger partial charge in [-0.3, -0.25) is 4.79 Å². The van der Waals surface area contributed by atoms with Crippen molar-refractivity contribution in [2.45, 2.75) is 12.1 Å². The quantitative estimate of drug-likeness (QED) is 0.871. The summed E-state index contributed by atoms with van der Waals surface area (Å²) in [6.07, 6.45) is 0.00499. The molecule has 0 radical (unpaired) electrons. The molecule has 1 amide bonds. The van der Waals surface area contributed by atoms with Crippen LogP contribution in [0.5, 0.6) is 5.75 Å². The molecule has 0 saturated carbocycles. The maximum atomic E-state index is 12.3. The van der Waals surface area contributed by atoms with Crippen molar-refractivity contribution >= 4 is 21.8 Å². The first-order valence-electron chi connectivity index (χ1n) is 6.03. The molecule has 0 aliphatic carbocycles. The minimum absolute atomic E-state index is 0.00499. The molecule has 2 rings (SSSR count). The predicted molar refractivity (Wildman–Crippen MR) is 75.6 cm³/mol. The lowest BCUT2D eigenvalue weighted by molar-refractivity contribution is 0.0778. The number of carbonyl (C=O) groups is 1. The van der Waals surface area contributed by atoms with Crippen molar-refractivity contribution in [2.24, 2.45) is 0 Å².